The molecule has 6 nitrogen and oxygen atoms in total. The van der Waals surface area contributed by atoms with Crippen LogP contribution < -0.4 is 16.8 Å². The normalized spacial score (nSPS) is 13.4. The van der Waals surface area contributed by atoms with Crippen molar-refractivity contribution in [3.63, 3.8) is 0 Å². The van der Waals surface area contributed by atoms with Gasteiger partial charge in [0.1, 0.15) is 6.04 Å². The predicted octanol–water partition coefficient (Wildman–Crippen LogP) is 3.27. The molecule has 6 heteroatoms. The molecule has 0 aromatic rings. The Hall–Kier alpha value is -1.14. The maximum Gasteiger partial charge on any atom is 0.328 e. The minimum Gasteiger partial charge on any atom is -0.464 e. The summed E-state index contributed by atoms with van der Waals surface area (Å²) in [5.41, 5.74) is 11.4. The zero-order valence-corrected chi connectivity index (χ0v) is 17.8. The zero-order valence-electron chi connectivity index (χ0n) is 17.8. The van der Waals surface area contributed by atoms with Crippen LogP contribution in [0.3, 0.4) is 0 Å². The maximum absolute atomic E-state index is 12.4. The molecule has 0 aliphatic carbocycles. The second-order valence-electron chi connectivity index (χ2n) is 7.87. The summed E-state index contributed by atoms with van der Waals surface area (Å²) >= 11 is 0. The molecule has 5 N–H and O–H groups in total. The Kier molecular flexibility index (Phi) is 16.3. The standard InChI is InChI=1S/C21H43N3O3/c1-4-5-6-7-8-9-12-15-27-21(26)19(16-17(2)3)24-20(25)18(23)13-10-11-14-22/h17-19H,4-16,22-23H2,1-3H3,(H,24,25)/t18-,19-/m0/s1. The molecule has 0 aromatic heterocycles. The molecule has 27 heavy (non-hydrogen) atoms. The number of rotatable bonds is 17. The van der Waals surface area contributed by atoms with Crippen molar-refractivity contribution in [1.82, 2.24) is 5.32 Å². The largest absolute Gasteiger partial charge is 0.464 e. The van der Waals surface area contributed by atoms with Crippen LogP contribution in [0, 0.1) is 5.92 Å². The van der Waals surface area contributed by atoms with E-state index in [1.165, 1.54) is 32.1 Å². The highest BCUT2D eigenvalue weighted by molar-refractivity contribution is 5.87. The number of carbonyl (C=O) groups is 2. The maximum atomic E-state index is 12.4. The Labute approximate surface area is 166 Å². The first-order valence-electron chi connectivity index (χ1n) is 10.8. The van der Waals surface area contributed by atoms with E-state index in [9.17, 15) is 9.59 Å². The fourth-order valence-corrected chi connectivity index (χ4v) is 2.94. The minimum atomic E-state index is -0.623. The fourth-order valence-electron chi connectivity index (χ4n) is 2.94. The average Bonchev–Trinajstić information content (AvgIpc) is 2.62. The van der Waals surface area contributed by atoms with E-state index in [1.54, 1.807) is 0 Å². The Balaban J connectivity index is 4.21. The van der Waals surface area contributed by atoms with Gasteiger partial charge in [-0.1, -0.05) is 65.7 Å². The van der Waals surface area contributed by atoms with E-state index in [0.29, 0.717) is 26.0 Å². The number of hydrogen-bond donors (Lipinski definition) is 3. The van der Waals surface area contributed by atoms with Crippen molar-refractivity contribution in [2.24, 2.45) is 17.4 Å². The Morgan fingerprint density at radius 2 is 1.59 bits per heavy atom. The van der Waals surface area contributed by atoms with E-state index in [4.69, 9.17) is 16.2 Å². The number of ether oxygens (including phenoxy) is 1. The van der Waals surface area contributed by atoms with Crippen molar-refractivity contribution in [2.45, 2.75) is 103 Å². The SMILES string of the molecule is CCCCCCCCCOC(=O)[C@H](CC(C)C)NC(=O)[C@@H](N)CCCCN. The van der Waals surface area contributed by atoms with E-state index in [0.717, 1.165) is 25.7 Å². The van der Waals surface area contributed by atoms with Crippen LogP contribution in [0.4, 0.5) is 0 Å². The van der Waals surface area contributed by atoms with E-state index in [2.05, 4.69) is 12.2 Å². The van der Waals surface area contributed by atoms with Crippen molar-refractivity contribution in [2.75, 3.05) is 13.2 Å². The molecule has 0 fully saturated rings. The van der Waals surface area contributed by atoms with Gasteiger partial charge in [-0.25, -0.2) is 4.79 Å². The van der Waals surface area contributed by atoms with Gasteiger partial charge in [-0.15, -0.1) is 0 Å². The van der Waals surface area contributed by atoms with E-state index in [1.807, 2.05) is 13.8 Å². The van der Waals surface area contributed by atoms with Crippen LogP contribution in [0.15, 0.2) is 0 Å². The number of hydrogen-bond acceptors (Lipinski definition) is 5. The molecule has 0 saturated heterocycles. The summed E-state index contributed by atoms with van der Waals surface area (Å²) in [7, 11) is 0. The average molecular weight is 386 g/mol. The van der Waals surface area contributed by atoms with Crippen LogP contribution in [0.2, 0.25) is 0 Å². The van der Waals surface area contributed by atoms with Gasteiger partial charge in [-0.05, 0) is 38.1 Å². The number of nitrogens with one attached hydrogen (secondary N) is 1. The highest BCUT2D eigenvalue weighted by atomic mass is 16.5. The summed E-state index contributed by atoms with van der Waals surface area (Å²) in [6.07, 6.45) is 11.0. The van der Waals surface area contributed by atoms with Gasteiger partial charge in [0.2, 0.25) is 5.91 Å². The number of unbranched alkanes of at least 4 members (excludes halogenated alkanes) is 7. The monoisotopic (exact) mass is 385 g/mol. The first kappa shape index (κ1) is 25.9. The lowest BCUT2D eigenvalue weighted by Gasteiger charge is -2.21. The number of amides is 1. The molecule has 0 heterocycles. The van der Waals surface area contributed by atoms with Crippen LogP contribution in [0.1, 0.15) is 91.4 Å². The van der Waals surface area contributed by atoms with Crippen LogP contribution in [0.5, 0.6) is 0 Å². The third kappa shape index (κ3) is 14.6. The third-order valence-corrected chi connectivity index (χ3v) is 4.61. The quantitative estimate of drug-likeness (QED) is 0.263. The van der Waals surface area contributed by atoms with Crippen molar-refractivity contribution < 1.29 is 14.3 Å². The molecule has 0 saturated carbocycles. The van der Waals surface area contributed by atoms with Gasteiger partial charge in [0, 0.05) is 0 Å². The number of esters is 1. The lowest BCUT2D eigenvalue weighted by molar-refractivity contribution is -0.148. The van der Waals surface area contributed by atoms with Crippen LogP contribution in [-0.4, -0.2) is 37.1 Å². The first-order chi connectivity index (χ1) is 12.9. The Morgan fingerprint density at radius 1 is 0.963 bits per heavy atom. The van der Waals surface area contributed by atoms with Gasteiger partial charge in [0.05, 0.1) is 12.6 Å². The molecule has 0 aromatic carbocycles. The van der Waals surface area contributed by atoms with Gasteiger partial charge in [-0.2, -0.15) is 0 Å². The second-order valence-corrected chi connectivity index (χ2v) is 7.87. The molecule has 1 amide bonds. The summed E-state index contributed by atoms with van der Waals surface area (Å²) in [6.45, 7) is 7.25. The predicted molar refractivity (Wildman–Crippen MR) is 111 cm³/mol. The molecule has 160 valence electrons. The van der Waals surface area contributed by atoms with Gasteiger partial charge in [-0.3, -0.25) is 4.79 Å². The lowest BCUT2D eigenvalue weighted by atomic mass is 10.0. The molecule has 0 aliphatic rings. The molecule has 0 unspecified atom stereocenters. The molecule has 0 radical (unpaired) electrons. The highest BCUT2D eigenvalue weighted by Crippen LogP contribution is 2.10. The molecule has 0 rings (SSSR count). The minimum absolute atomic E-state index is 0.273. The topological polar surface area (TPSA) is 107 Å². The zero-order chi connectivity index (χ0) is 20.5. The molecular weight excluding hydrogens is 342 g/mol. The van der Waals surface area contributed by atoms with Crippen molar-refractivity contribution >= 4 is 11.9 Å². The molecule has 2 atom stereocenters. The van der Waals surface area contributed by atoms with Crippen molar-refractivity contribution in [1.29, 1.82) is 0 Å². The van der Waals surface area contributed by atoms with E-state index >= 15 is 0 Å². The van der Waals surface area contributed by atoms with Gasteiger partial charge in [0.25, 0.3) is 0 Å². The van der Waals surface area contributed by atoms with E-state index < -0.39 is 12.1 Å². The van der Waals surface area contributed by atoms with Crippen molar-refractivity contribution in [3.8, 4) is 0 Å². The van der Waals surface area contributed by atoms with Crippen LogP contribution in [-0.2, 0) is 14.3 Å². The number of nitrogens with two attached hydrogens (primary N) is 2. The molecule has 0 bridgehead atoms. The smallest absolute Gasteiger partial charge is 0.328 e. The third-order valence-electron chi connectivity index (χ3n) is 4.61. The lowest BCUT2D eigenvalue weighted by Crippen LogP contribution is -2.49. The summed E-state index contributed by atoms with van der Waals surface area (Å²) in [5.74, 6) is -0.363. The van der Waals surface area contributed by atoms with Gasteiger partial charge >= 0.3 is 5.97 Å². The number of carbonyl (C=O) groups excluding carboxylic acids is 2. The fraction of sp³-hybridized carbons (Fsp3) is 0.905. The van der Waals surface area contributed by atoms with Crippen LogP contribution >= 0.6 is 0 Å². The van der Waals surface area contributed by atoms with Gasteiger partial charge in [0.15, 0.2) is 0 Å². The first-order valence-corrected chi connectivity index (χ1v) is 10.8. The second kappa shape index (κ2) is 17.0. The highest BCUT2D eigenvalue weighted by Gasteiger charge is 2.25. The van der Waals surface area contributed by atoms with E-state index in [-0.39, 0.29) is 17.8 Å². The summed E-state index contributed by atoms with van der Waals surface area (Å²) in [6, 6.07) is -1.23. The molecular formula is C21H43N3O3. The van der Waals surface area contributed by atoms with Crippen molar-refractivity contribution in [3.05, 3.63) is 0 Å². The Morgan fingerprint density at radius 3 is 2.19 bits per heavy atom. The summed E-state index contributed by atoms with van der Waals surface area (Å²) in [5, 5.41) is 2.78. The Bertz CT molecular complexity index is 389. The summed E-state index contributed by atoms with van der Waals surface area (Å²) < 4.78 is 5.40. The molecule has 0 aliphatic heterocycles. The van der Waals surface area contributed by atoms with Gasteiger partial charge < -0.3 is 21.5 Å². The molecule has 0 spiro atoms. The summed E-state index contributed by atoms with van der Waals surface area (Å²) in [4.78, 5) is 24.6. The van der Waals surface area contributed by atoms with Crippen LogP contribution in [0.25, 0.3) is 0 Å².